The van der Waals surface area contributed by atoms with Gasteiger partial charge in [0.15, 0.2) is 0 Å². The smallest absolute Gasteiger partial charge is 0.250 e. The van der Waals surface area contributed by atoms with Crippen LogP contribution in [0.5, 0.6) is 0 Å². The van der Waals surface area contributed by atoms with Gasteiger partial charge in [0.1, 0.15) is 0 Å². The van der Waals surface area contributed by atoms with Crippen molar-refractivity contribution in [3.05, 3.63) is 35.4 Å². The van der Waals surface area contributed by atoms with E-state index >= 15 is 0 Å². The van der Waals surface area contributed by atoms with Crippen LogP contribution in [0.2, 0.25) is 0 Å². The van der Waals surface area contributed by atoms with E-state index in [9.17, 15) is 10.2 Å². The minimum Gasteiger partial charge on any atom is -0.350 e. The van der Waals surface area contributed by atoms with Crippen LogP contribution in [0, 0.1) is 0 Å². The van der Waals surface area contributed by atoms with Crippen molar-refractivity contribution in [2.24, 2.45) is 0 Å². The van der Waals surface area contributed by atoms with Crippen LogP contribution in [0.4, 0.5) is 0 Å². The highest BCUT2D eigenvalue weighted by atomic mass is 16.5. The fourth-order valence-corrected chi connectivity index (χ4v) is 1.72. The Balaban J connectivity index is 2.48. The van der Waals surface area contributed by atoms with Gasteiger partial charge in [0, 0.05) is 12.1 Å². The van der Waals surface area contributed by atoms with Gasteiger partial charge in [0.05, 0.1) is 0 Å². The fraction of sp³-hybridized carbons (Fsp3) is 0.400. The summed E-state index contributed by atoms with van der Waals surface area (Å²) in [6.45, 7) is 0.627. The first-order chi connectivity index (χ1) is 6.20. The topological polar surface area (TPSA) is 52.5 Å². The summed E-state index contributed by atoms with van der Waals surface area (Å²) in [5.41, 5.74) is 1.59. The Morgan fingerprint density at radius 2 is 2.00 bits per heavy atom. The third-order valence-electron chi connectivity index (χ3n) is 2.39. The summed E-state index contributed by atoms with van der Waals surface area (Å²) in [7, 11) is 0. The molecule has 0 fully saturated rings. The molecule has 0 bridgehead atoms. The quantitative estimate of drug-likeness (QED) is 0.503. The molecule has 0 unspecified atom stereocenters. The second kappa shape index (κ2) is 3.10. The highest BCUT2D eigenvalue weighted by Gasteiger charge is 2.29. The number of aryl methyl sites for hydroxylation is 1. The summed E-state index contributed by atoms with van der Waals surface area (Å²) in [6.07, 6.45) is 1.83. The lowest BCUT2D eigenvalue weighted by Crippen LogP contribution is -2.41. The van der Waals surface area contributed by atoms with E-state index in [1.807, 2.05) is 18.2 Å². The number of rotatable bonds is 0. The summed E-state index contributed by atoms with van der Waals surface area (Å²) in [4.78, 5) is 0. The number of benzene rings is 1. The third kappa shape index (κ3) is 1.58. The Labute approximate surface area is 77.0 Å². The van der Waals surface area contributed by atoms with Crippen LogP contribution in [-0.2, 0) is 12.3 Å². The molecule has 1 aliphatic heterocycles. The van der Waals surface area contributed by atoms with Gasteiger partial charge in [-0.15, -0.1) is 0 Å². The molecule has 0 saturated heterocycles. The van der Waals surface area contributed by atoms with Gasteiger partial charge in [0.25, 0.3) is 5.91 Å². The highest BCUT2D eigenvalue weighted by Crippen LogP contribution is 2.23. The van der Waals surface area contributed by atoms with Crippen molar-refractivity contribution >= 4 is 0 Å². The van der Waals surface area contributed by atoms with Crippen molar-refractivity contribution in [3.63, 3.8) is 0 Å². The van der Waals surface area contributed by atoms with Crippen LogP contribution in [0.1, 0.15) is 17.5 Å². The minimum atomic E-state index is -1.85. The predicted octanol–water partition coefficient (Wildman–Crippen LogP) is 0.317. The minimum absolute atomic E-state index is 0.576. The molecule has 0 amide bonds. The monoisotopic (exact) mass is 179 g/mol. The normalized spacial score (nSPS) is 20.5. The van der Waals surface area contributed by atoms with E-state index in [-0.39, 0.29) is 0 Å². The van der Waals surface area contributed by atoms with Crippen LogP contribution in [0.3, 0.4) is 0 Å². The van der Waals surface area contributed by atoms with E-state index in [0.717, 1.165) is 18.4 Å². The largest absolute Gasteiger partial charge is 0.350 e. The van der Waals surface area contributed by atoms with E-state index in [4.69, 9.17) is 0 Å². The standard InChI is InChI=1S/C10H13NO2/c12-10(13)9-6-2-1-4-8(9)5-3-7-11-10/h1-2,4,6,11-13H,3,5,7H2. The molecular formula is C10H13NO2. The van der Waals surface area contributed by atoms with Crippen molar-refractivity contribution in [1.29, 1.82) is 0 Å². The van der Waals surface area contributed by atoms with Gasteiger partial charge >= 0.3 is 0 Å². The van der Waals surface area contributed by atoms with Crippen molar-refractivity contribution in [2.45, 2.75) is 18.8 Å². The van der Waals surface area contributed by atoms with Crippen molar-refractivity contribution in [2.75, 3.05) is 6.54 Å². The molecule has 1 aromatic rings. The number of hydrogen-bond donors (Lipinski definition) is 3. The first-order valence-corrected chi connectivity index (χ1v) is 4.48. The average molecular weight is 179 g/mol. The molecule has 1 heterocycles. The van der Waals surface area contributed by atoms with E-state index in [2.05, 4.69) is 5.32 Å². The Kier molecular flexibility index (Phi) is 2.07. The molecule has 1 aromatic carbocycles. The lowest BCUT2D eigenvalue weighted by molar-refractivity contribution is -0.193. The molecule has 0 aliphatic carbocycles. The van der Waals surface area contributed by atoms with Crippen molar-refractivity contribution in [3.8, 4) is 0 Å². The molecule has 3 heteroatoms. The van der Waals surface area contributed by atoms with Gasteiger partial charge in [-0.05, 0) is 18.4 Å². The number of aliphatic hydroxyl groups is 2. The zero-order valence-electron chi connectivity index (χ0n) is 7.33. The van der Waals surface area contributed by atoms with Gasteiger partial charge in [0.2, 0.25) is 0 Å². The first-order valence-electron chi connectivity index (χ1n) is 4.48. The molecule has 0 spiro atoms. The van der Waals surface area contributed by atoms with Crippen LogP contribution in [0.15, 0.2) is 24.3 Å². The molecule has 2 rings (SSSR count). The zero-order chi connectivity index (χ0) is 9.31. The second-order valence-electron chi connectivity index (χ2n) is 3.36. The maximum absolute atomic E-state index is 9.65. The summed E-state index contributed by atoms with van der Waals surface area (Å²) >= 11 is 0. The van der Waals surface area contributed by atoms with Crippen molar-refractivity contribution in [1.82, 2.24) is 5.32 Å². The SMILES string of the molecule is OC1(O)NCCCc2ccccc21. The Morgan fingerprint density at radius 1 is 1.23 bits per heavy atom. The van der Waals surface area contributed by atoms with E-state index in [1.54, 1.807) is 6.07 Å². The molecule has 0 atom stereocenters. The summed E-state index contributed by atoms with van der Waals surface area (Å²) in [5, 5.41) is 22.0. The molecular weight excluding hydrogens is 166 g/mol. The summed E-state index contributed by atoms with van der Waals surface area (Å²) < 4.78 is 0. The zero-order valence-corrected chi connectivity index (χ0v) is 7.33. The van der Waals surface area contributed by atoms with Gasteiger partial charge in [-0.1, -0.05) is 24.3 Å². The maximum Gasteiger partial charge on any atom is 0.250 e. The van der Waals surface area contributed by atoms with Gasteiger partial charge < -0.3 is 10.2 Å². The lowest BCUT2D eigenvalue weighted by atomic mass is 10.0. The molecule has 13 heavy (non-hydrogen) atoms. The molecule has 0 aromatic heterocycles. The van der Waals surface area contributed by atoms with Crippen LogP contribution in [-0.4, -0.2) is 16.8 Å². The van der Waals surface area contributed by atoms with Crippen LogP contribution in [0.25, 0.3) is 0 Å². The Hall–Kier alpha value is -0.900. The highest BCUT2D eigenvalue weighted by molar-refractivity contribution is 5.31. The molecule has 3 nitrogen and oxygen atoms in total. The van der Waals surface area contributed by atoms with Gasteiger partial charge in [-0.3, -0.25) is 5.32 Å². The molecule has 0 radical (unpaired) electrons. The molecule has 3 N–H and O–H groups in total. The lowest BCUT2D eigenvalue weighted by Gasteiger charge is -2.22. The number of fused-ring (bicyclic) bond motifs is 1. The summed E-state index contributed by atoms with van der Waals surface area (Å²) in [5.74, 6) is -1.85. The molecule has 70 valence electrons. The molecule has 0 saturated carbocycles. The fourth-order valence-electron chi connectivity index (χ4n) is 1.72. The predicted molar refractivity (Wildman–Crippen MR) is 48.9 cm³/mol. The third-order valence-corrected chi connectivity index (χ3v) is 2.39. The van der Waals surface area contributed by atoms with E-state index in [1.165, 1.54) is 0 Å². The van der Waals surface area contributed by atoms with Crippen LogP contribution < -0.4 is 5.32 Å². The van der Waals surface area contributed by atoms with Crippen molar-refractivity contribution < 1.29 is 10.2 Å². The second-order valence-corrected chi connectivity index (χ2v) is 3.36. The van der Waals surface area contributed by atoms with E-state index in [0.29, 0.717) is 12.1 Å². The number of hydrogen-bond acceptors (Lipinski definition) is 3. The van der Waals surface area contributed by atoms with Gasteiger partial charge in [-0.25, -0.2) is 0 Å². The first kappa shape index (κ1) is 8.69. The molecule has 1 aliphatic rings. The number of nitrogens with one attached hydrogen (secondary N) is 1. The Bertz CT molecular complexity index is 310. The summed E-state index contributed by atoms with van der Waals surface area (Å²) in [6, 6.07) is 7.41. The Morgan fingerprint density at radius 3 is 2.85 bits per heavy atom. The van der Waals surface area contributed by atoms with Gasteiger partial charge in [-0.2, -0.15) is 0 Å². The average Bonchev–Trinajstić information content (AvgIpc) is 2.26. The van der Waals surface area contributed by atoms with Crippen LogP contribution >= 0.6 is 0 Å². The van der Waals surface area contributed by atoms with E-state index < -0.39 is 5.91 Å². The maximum atomic E-state index is 9.65.